The van der Waals surface area contributed by atoms with Crippen molar-refractivity contribution < 1.29 is 22.0 Å². The number of hydrogen-bond acceptors (Lipinski definition) is 9. The van der Waals surface area contributed by atoms with Crippen molar-refractivity contribution in [1.82, 2.24) is 15.1 Å². The largest absolute Gasteiger partial charge is 0.480 e. The van der Waals surface area contributed by atoms with Crippen LogP contribution in [0.25, 0.3) is 22.7 Å². The number of rotatable bonds is 4. The van der Waals surface area contributed by atoms with Gasteiger partial charge in [0.05, 0.1) is 35.0 Å². The summed E-state index contributed by atoms with van der Waals surface area (Å²) in [7, 11) is -2.01. The fourth-order valence-electron chi connectivity index (χ4n) is 3.62. The van der Waals surface area contributed by atoms with Gasteiger partial charge in [-0.3, -0.25) is 4.99 Å². The van der Waals surface area contributed by atoms with Gasteiger partial charge < -0.3 is 15.0 Å². The molecule has 2 aromatic heterocycles. The Bertz CT molecular complexity index is 1460. The van der Waals surface area contributed by atoms with E-state index in [1.807, 2.05) is 0 Å². The molecular weight excluding hydrogens is 447 g/mol. The molecule has 1 aromatic carbocycles. The number of hydrogen-bond donors (Lipinski definition) is 1. The molecular formula is C22H25FN6O3S. The Hall–Kier alpha value is -3.34. The lowest BCUT2D eigenvalue weighted by atomic mass is 9.91. The standard InChI is InChI=1S/C22H25FN6O3S/c1-21(2)20(24)28-22(3,12-33(21,30)25-4)14-8-13(6-7-15(14)23)18-9-16(29-32-18)17-10-27-19(31-5)11-26-17/h6-11H,12H2,1-5H3,(H2,24,28)/t22-,33?/m0/s1/i4D3. The van der Waals surface area contributed by atoms with Crippen LogP contribution in [-0.4, -0.2) is 49.8 Å². The van der Waals surface area contributed by atoms with Gasteiger partial charge in [-0.25, -0.2) is 22.9 Å². The first-order chi connectivity index (χ1) is 16.7. The van der Waals surface area contributed by atoms with Gasteiger partial charge in [-0.2, -0.15) is 0 Å². The second-order valence-electron chi connectivity index (χ2n) is 8.37. The van der Waals surface area contributed by atoms with E-state index < -0.39 is 32.8 Å². The molecule has 1 aliphatic rings. The van der Waals surface area contributed by atoms with Crippen LogP contribution in [0.2, 0.25) is 0 Å². The molecule has 33 heavy (non-hydrogen) atoms. The third-order valence-electron chi connectivity index (χ3n) is 5.85. The fraction of sp³-hybridized carbons (Fsp3) is 0.364. The normalized spacial score (nSPS) is 26.0. The minimum atomic E-state index is -3.48. The second kappa shape index (κ2) is 7.91. The van der Waals surface area contributed by atoms with Crippen molar-refractivity contribution in [2.75, 3.05) is 19.8 Å². The van der Waals surface area contributed by atoms with E-state index in [0.717, 1.165) is 0 Å². The van der Waals surface area contributed by atoms with Crippen LogP contribution < -0.4 is 10.5 Å². The first-order valence-electron chi connectivity index (χ1n) is 11.4. The molecule has 174 valence electrons. The SMILES string of the molecule is [2H]C([2H])([2H])N=S1(=O)C[C@@](C)(c2cc(-c3cc(-c4cnc(OC)cn4)no3)ccc2F)N=C(N)C1(C)C. The summed E-state index contributed by atoms with van der Waals surface area (Å²) in [5.74, 6) is -0.382. The van der Waals surface area contributed by atoms with Crippen molar-refractivity contribution in [2.45, 2.75) is 31.1 Å². The van der Waals surface area contributed by atoms with Crippen molar-refractivity contribution >= 4 is 15.6 Å². The minimum absolute atomic E-state index is 0.0640. The highest BCUT2D eigenvalue weighted by Gasteiger charge is 2.47. The number of aromatic nitrogens is 3. The highest BCUT2D eigenvalue weighted by Crippen LogP contribution is 2.40. The Balaban J connectivity index is 1.78. The molecule has 4 rings (SSSR count). The maximum atomic E-state index is 15.1. The van der Waals surface area contributed by atoms with Gasteiger partial charge in [0.15, 0.2) is 5.76 Å². The Morgan fingerprint density at radius 1 is 1.24 bits per heavy atom. The Kier molecular flexibility index (Phi) is 4.59. The Labute approximate surface area is 195 Å². The highest BCUT2D eigenvalue weighted by atomic mass is 32.2. The van der Waals surface area contributed by atoms with E-state index in [2.05, 4.69) is 24.5 Å². The van der Waals surface area contributed by atoms with Gasteiger partial charge in [0.2, 0.25) is 5.88 Å². The summed E-state index contributed by atoms with van der Waals surface area (Å²) in [5, 5.41) is 4.01. The van der Waals surface area contributed by atoms with Crippen LogP contribution in [0.1, 0.15) is 30.4 Å². The van der Waals surface area contributed by atoms with E-state index >= 15 is 4.39 Å². The summed E-state index contributed by atoms with van der Waals surface area (Å²) in [4.78, 5) is 12.8. The minimum Gasteiger partial charge on any atom is -0.480 e. The summed E-state index contributed by atoms with van der Waals surface area (Å²) < 4.78 is 64.5. The molecule has 0 bridgehead atoms. The van der Waals surface area contributed by atoms with Gasteiger partial charge in [0.25, 0.3) is 0 Å². The maximum absolute atomic E-state index is 15.1. The van der Waals surface area contributed by atoms with Crippen molar-refractivity contribution in [3.05, 3.63) is 48.0 Å². The van der Waals surface area contributed by atoms with E-state index in [-0.39, 0.29) is 17.2 Å². The third-order valence-corrected chi connectivity index (χ3v) is 8.90. The molecule has 0 amide bonds. The number of methoxy groups -OCH3 is 1. The molecule has 0 saturated carbocycles. The first kappa shape index (κ1) is 19.2. The van der Waals surface area contributed by atoms with Crippen molar-refractivity contribution in [3.63, 3.8) is 0 Å². The number of ether oxygens (including phenoxy) is 1. The van der Waals surface area contributed by atoms with Gasteiger partial charge in [-0.1, -0.05) is 5.16 Å². The number of amidine groups is 1. The van der Waals surface area contributed by atoms with Crippen molar-refractivity contribution in [1.29, 1.82) is 0 Å². The molecule has 0 aliphatic carbocycles. The predicted octanol–water partition coefficient (Wildman–Crippen LogP) is 3.41. The monoisotopic (exact) mass is 475 g/mol. The molecule has 0 spiro atoms. The number of nitrogens with zero attached hydrogens (tertiary/aromatic N) is 5. The summed E-state index contributed by atoms with van der Waals surface area (Å²) in [5.41, 5.74) is 6.08. The van der Waals surface area contributed by atoms with Gasteiger partial charge in [0.1, 0.15) is 33.3 Å². The first-order valence-corrected chi connectivity index (χ1v) is 11.6. The summed E-state index contributed by atoms with van der Waals surface area (Å²) >= 11 is 0. The summed E-state index contributed by atoms with van der Waals surface area (Å²) in [6.07, 6.45) is 2.92. The lowest BCUT2D eigenvalue weighted by Crippen LogP contribution is -2.54. The molecule has 1 unspecified atom stereocenters. The van der Waals surface area contributed by atoms with Crippen LogP contribution in [0, 0.1) is 5.82 Å². The van der Waals surface area contributed by atoms with Crippen LogP contribution in [0.15, 0.2) is 50.5 Å². The van der Waals surface area contributed by atoms with Crippen LogP contribution in [0.4, 0.5) is 4.39 Å². The smallest absolute Gasteiger partial charge is 0.232 e. The molecule has 0 fully saturated rings. The lowest BCUT2D eigenvalue weighted by Gasteiger charge is -2.40. The van der Waals surface area contributed by atoms with Crippen LogP contribution in [0.5, 0.6) is 5.88 Å². The van der Waals surface area contributed by atoms with Crippen LogP contribution >= 0.6 is 0 Å². The van der Waals surface area contributed by atoms with Crippen LogP contribution in [-0.2, 0) is 15.3 Å². The number of halogens is 1. The van der Waals surface area contributed by atoms with Crippen molar-refractivity contribution in [3.8, 4) is 28.6 Å². The molecule has 9 nitrogen and oxygen atoms in total. The number of nitrogens with two attached hydrogens (primary N) is 1. The second-order valence-corrected chi connectivity index (χ2v) is 11.1. The molecule has 2 N–H and O–H groups in total. The summed E-state index contributed by atoms with van der Waals surface area (Å²) in [6, 6.07) is 5.82. The number of aliphatic imine (C=N–C) groups is 1. The van der Waals surface area contributed by atoms with Crippen LogP contribution in [0.3, 0.4) is 0 Å². The molecule has 3 heterocycles. The van der Waals surface area contributed by atoms with Gasteiger partial charge in [-0.15, -0.1) is 0 Å². The van der Waals surface area contributed by atoms with Gasteiger partial charge in [0, 0.05) is 28.3 Å². The van der Waals surface area contributed by atoms with E-state index in [0.29, 0.717) is 28.6 Å². The summed E-state index contributed by atoms with van der Waals surface area (Å²) in [6.45, 7) is 1.76. The number of benzene rings is 1. The zero-order chi connectivity index (χ0) is 26.5. The predicted molar refractivity (Wildman–Crippen MR) is 124 cm³/mol. The average molecular weight is 476 g/mol. The van der Waals surface area contributed by atoms with Gasteiger partial charge >= 0.3 is 0 Å². The van der Waals surface area contributed by atoms with E-state index in [4.69, 9.17) is 19.1 Å². The quantitative estimate of drug-likeness (QED) is 0.612. The van der Waals surface area contributed by atoms with E-state index in [9.17, 15) is 4.21 Å². The van der Waals surface area contributed by atoms with E-state index in [1.54, 1.807) is 13.0 Å². The Morgan fingerprint density at radius 2 is 2.03 bits per heavy atom. The fourth-order valence-corrected chi connectivity index (χ4v) is 5.63. The molecule has 3 aromatic rings. The van der Waals surface area contributed by atoms with Crippen molar-refractivity contribution in [2.24, 2.45) is 15.1 Å². The van der Waals surface area contributed by atoms with Gasteiger partial charge in [-0.05, 0) is 39.0 Å². The lowest BCUT2D eigenvalue weighted by molar-refractivity contribution is 0.395. The van der Waals surface area contributed by atoms with E-state index in [1.165, 1.54) is 51.6 Å². The zero-order valence-electron chi connectivity index (χ0n) is 21.5. The maximum Gasteiger partial charge on any atom is 0.232 e. The third kappa shape index (κ3) is 3.75. The Morgan fingerprint density at radius 3 is 2.70 bits per heavy atom. The molecule has 0 saturated heterocycles. The zero-order valence-corrected chi connectivity index (χ0v) is 19.3. The molecule has 2 atom stereocenters. The topological polar surface area (TPSA) is 129 Å². The average Bonchev–Trinajstić information content (AvgIpc) is 3.27. The highest BCUT2D eigenvalue weighted by molar-refractivity contribution is 7.95. The molecule has 0 radical (unpaired) electrons. The molecule has 1 aliphatic heterocycles. The molecule has 11 heteroatoms.